The Bertz CT molecular complexity index is 178. The van der Waals surface area contributed by atoms with Gasteiger partial charge in [-0.3, -0.25) is 0 Å². The molecule has 13 heavy (non-hydrogen) atoms. The van der Waals surface area contributed by atoms with E-state index in [9.17, 15) is 0 Å². The molecule has 0 amide bonds. The van der Waals surface area contributed by atoms with E-state index >= 15 is 0 Å². The molecule has 0 aromatic heterocycles. The van der Waals surface area contributed by atoms with E-state index in [4.69, 9.17) is 0 Å². The quantitative estimate of drug-likeness (QED) is 0.606. The van der Waals surface area contributed by atoms with Crippen molar-refractivity contribution in [3.05, 3.63) is 0 Å². The van der Waals surface area contributed by atoms with E-state index in [0.717, 1.165) is 29.8 Å². The summed E-state index contributed by atoms with van der Waals surface area (Å²) >= 11 is 0. The van der Waals surface area contributed by atoms with Gasteiger partial charge in [-0.05, 0) is 43.9 Å². The Morgan fingerprint density at radius 2 is 1.77 bits per heavy atom. The normalized spacial score (nSPS) is 51.5. The third kappa shape index (κ3) is 1.76. The first kappa shape index (κ1) is 9.51. The fourth-order valence-electron chi connectivity index (χ4n) is 3.24. The number of hydrogen-bond donors (Lipinski definition) is 1. The molecular weight excluding hydrogens is 158 g/mol. The largest absolute Gasteiger partial charge is 0.311 e. The molecule has 1 N–H and O–H groups in total. The van der Waals surface area contributed by atoms with Gasteiger partial charge in [0.05, 0.1) is 0 Å². The number of rotatable bonds is 0. The molecule has 0 radical (unpaired) electrons. The molecule has 2 rings (SSSR count). The van der Waals surface area contributed by atoms with Gasteiger partial charge in [-0.1, -0.05) is 20.3 Å². The highest BCUT2D eigenvalue weighted by Gasteiger charge is 2.37. The van der Waals surface area contributed by atoms with Gasteiger partial charge >= 0.3 is 0 Å². The Morgan fingerprint density at radius 3 is 2.54 bits per heavy atom. The van der Waals surface area contributed by atoms with E-state index in [1.165, 1.54) is 25.7 Å². The molecule has 1 saturated heterocycles. The highest BCUT2D eigenvalue weighted by Crippen LogP contribution is 2.37. The van der Waals surface area contributed by atoms with Crippen molar-refractivity contribution in [1.82, 2.24) is 5.32 Å². The maximum Gasteiger partial charge on any atom is 0.0124 e. The number of fused-ring (bicyclic) bond motifs is 1. The second-order valence-corrected chi connectivity index (χ2v) is 5.36. The Hall–Kier alpha value is -0.0400. The molecule has 1 heteroatoms. The van der Waals surface area contributed by atoms with Crippen molar-refractivity contribution in [2.75, 3.05) is 0 Å². The van der Waals surface area contributed by atoms with Crippen LogP contribution < -0.4 is 5.32 Å². The molecule has 1 aliphatic carbocycles. The van der Waals surface area contributed by atoms with E-state index in [1.807, 2.05) is 0 Å². The molecule has 0 spiro atoms. The lowest BCUT2D eigenvalue weighted by Crippen LogP contribution is -2.54. The van der Waals surface area contributed by atoms with Gasteiger partial charge in [0, 0.05) is 12.1 Å². The first-order valence-electron chi connectivity index (χ1n) is 5.94. The van der Waals surface area contributed by atoms with Crippen LogP contribution in [0.3, 0.4) is 0 Å². The highest BCUT2D eigenvalue weighted by molar-refractivity contribution is 4.93. The van der Waals surface area contributed by atoms with E-state index in [2.05, 4.69) is 26.1 Å². The second kappa shape index (κ2) is 3.61. The second-order valence-electron chi connectivity index (χ2n) is 5.36. The zero-order valence-corrected chi connectivity index (χ0v) is 9.22. The predicted octanol–water partition coefficient (Wildman–Crippen LogP) is 2.81. The molecule has 1 aliphatic heterocycles. The van der Waals surface area contributed by atoms with Gasteiger partial charge in [-0.2, -0.15) is 0 Å². The molecule has 5 unspecified atom stereocenters. The van der Waals surface area contributed by atoms with Gasteiger partial charge in [0.15, 0.2) is 0 Å². The number of nitrogens with one attached hydrogen (secondary N) is 1. The van der Waals surface area contributed by atoms with Crippen LogP contribution in [0.5, 0.6) is 0 Å². The summed E-state index contributed by atoms with van der Waals surface area (Å²) in [6.45, 7) is 7.17. The standard InChI is InChI=1S/C12H23N/c1-8-5-4-6-11-7-9(2)10(3)13-12(8)11/h8-13H,4-7H2,1-3H3. The summed E-state index contributed by atoms with van der Waals surface area (Å²) in [6, 6.07) is 1.57. The van der Waals surface area contributed by atoms with Crippen molar-refractivity contribution in [1.29, 1.82) is 0 Å². The number of hydrogen-bond acceptors (Lipinski definition) is 1. The summed E-state index contributed by atoms with van der Waals surface area (Å²) in [5, 5.41) is 3.82. The lowest BCUT2D eigenvalue weighted by Gasteiger charge is -2.46. The minimum Gasteiger partial charge on any atom is -0.311 e. The fourth-order valence-corrected chi connectivity index (χ4v) is 3.24. The van der Waals surface area contributed by atoms with Gasteiger partial charge in [0.2, 0.25) is 0 Å². The van der Waals surface area contributed by atoms with E-state index in [1.54, 1.807) is 0 Å². The topological polar surface area (TPSA) is 12.0 Å². The molecule has 1 saturated carbocycles. The Labute approximate surface area is 82.3 Å². The maximum absolute atomic E-state index is 3.82. The van der Waals surface area contributed by atoms with Crippen LogP contribution in [0, 0.1) is 17.8 Å². The Kier molecular flexibility index (Phi) is 2.64. The average molecular weight is 181 g/mol. The van der Waals surface area contributed by atoms with Crippen LogP contribution in [0.25, 0.3) is 0 Å². The van der Waals surface area contributed by atoms with Crippen LogP contribution in [0.1, 0.15) is 46.5 Å². The van der Waals surface area contributed by atoms with E-state index < -0.39 is 0 Å². The Balaban J connectivity index is 2.04. The van der Waals surface area contributed by atoms with Crippen LogP contribution in [0.4, 0.5) is 0 Å². The average Bonchev–Trinajstić information content (AvgIpc) is 2.09. The Morgan fingerprint density at radius 1 is 1.00 bits per heavy atom. The van der Waals surface area contributed by atoms with Crippen LogP contribution in [0.15, 0.2) is 0 Å². The van der Waals surface area contributed by atoms with Crippen molar-refractivity contribution < 1.29 is 0 Å². The molecule has 1 heterocycles. The van der Waals surface area contributed by atoms with Gasteiger partial charge in [-0.25, -0.2) is 0 Å². The summed E-state index contributed by atoms with van der Waals surface area (Å²) in [7, 11) is 0. The van der Waals surface area contributed by atoms with Crippen LogP contribution in [0.2, 0.25) is 0 Å². The third-order valence-electron chi connectivity index (χ3n) is 4.34. The molecule has 76 valence electrons. The zero-order valence-electron chi connectivity index (χ0n) is 9.22. The van der Waals surface area contributed by atoms with Crippen molar-refractivity contribution in [3.8, 4) is 0 Å². The smallest absolute Gasteiger partial charge is 0.0124 e. The fraction of sp³-hybridized carbons (Fsp3) is 1.00. The predicted molar refractivity (Wildman–Crippen MR) is 56.7 cm³/mol. The monoisotopic (exact) mass is 181 g/mol. The lowest BCUT2D eigenvalue weighted by molar-refractivity contribution is 0.101. The van der Waals surface area contributed by atoms with Crippen molar-refractivity contribution in [3.63, 3.8) is 0 Å². The van der Waals surface area contributed by atoms with Crippen molar-refractivity contribution in [2.24, 2.45) is 17.8 Å². The first-order chi connectivity index (χ1) is 6.18. The maximum atomic E-state index is 3.82. The van der Waals surface area contributed by atoms with E-state index in [-0.39, 0.29) is 0 Å². The molecular formula is C12H23N. The summed E-state index contributed by atoms with van der Waals surface area (Å²) in [5.41, 5.74) is 0. The van der Waals surface area contributed by atoms with Gasteiger partial charge in [0.25, 0.3) is 0 Å². The molecule has 1 nitrogen and oxygen atoms in total. The summed E-state index contributed by atoms with van der Waals surface area (Å²) in [4.78, 5) is 0. The van der Waals surface area contributed by atoms with Crippen molar-refractivity contribution >= 4 is 0 Å². The lowest BCUT2D eigenvalue weighted by atomic mass is 9.70. The molecule has 0 aromatic rings. The minimum absolute atomic E-state index is 0.738. The summed E-state index contributed by atoms with van der Waals surface area (Å²) in [6.07, 6.45) is 5.84. The van der Waals surface area contributed by atoms with Crippen molar-refractivity contribution in [2.45, 2.75) is 58.5 Å². The third-order valence-corrected chi connectivity index (χ3v) is 4.34. The summed E-state index contributed by atoms with van der Waals surface area (Å²) in [5.74, 6) is 2.77. The van der Waals surface area contributed by atoms with Crippen LogP contribution in [-0.2, 0) is 0 Å². The van der Waals surface area contributed by atoms with Crippen LogP contribution >= 0.6 is 0 Å². The van der Waals surface area contributed by atoms with E-state index in [0.29, 0.717) is 0 Å². The van der Waals surface area contributed by atoms with Gasteiger partial charge in [0.1, 0.15) is 0 Å². The first-order valence-corrected chi connectivity index (χ1v) is 5.94. The number of piperidine rings is 1. The molecule has 2 fully saturated rings. The van der Waals surface area contributed by atoms with Gasteiger partial charge < -0.3 is 5.32 Å². The molecule has 0 bridgehead atoms. The summed E-state index contributed by atoms with van der Waals surface area (Å²) < 4.78 is 0. The van der Waals surface area contributed by atoms with Gasteiger partial charge in [-0.15, -0.1) is 0 Å². The SMILES string of the molecule is CC1CC2CCCC(C)C2NC1C. The molecule has 0 aromatic carbocycles. The molecule has 2 aliphatic rings. The van der Waals surface area contributed by atoms with Crippen LogP contribution in [-0.4, -0.2) is 12.1 Å². The highest BCUT2D eigenvalue weighted by atomic mass is 15.0. The molecule has 5 atom stereocenters. The minimum atomic E-state index is 0.738. The zero-order chi connectivity index (χ0) is 9.42.